The maximum Gasteiger partial charge on any atom is 0.316 e. The van der Waals surface area contributed by atoms with Crippen LogP contribution in [0.5, 0.6) is 0 Å². The molecule has 0 saturated heterocycles. The van der Waals surface area contributed by atoms with E-state index in [1.165, 1.54) is 11.3 Å². The molecule has 0 bridgehead atoms. The molecule has 3 N–H and O–H groups in total. The molecule has 1 aromatic heterocycles. The molecule has 0 atom stereocenters. The Morgan fingerprint density at radius 1 is 1.77 bits per heavy atom. The Labute approximate surface area is 79.4 Å². The van der Waals surface area contributed by atoms with Crippen molar-refractivity contribution in [2.75, 3.05) is 0 Å². The zero-order chi connectivity index (χ0) is 9.47. The van der Waals surface area contributed by atoms with E-state index >= 15 is 0 Å². The highest BCUT2D eigenvalue weighted by Crippen LogP contribution is 2.43. The third kappa shape index (κ3) is 1.15. The van der Waals surface area contributed by atoms with Crippen LogP contribution >= 0.6 is 11.3 Å². The predicted molar refractivity (Wildman–Crippen MR) is 48.6 cm³/mol. The molecule has 0 unspecified atom stereocenters. The van der Waals surface area contributed by atoms with Gasteiger partial charge in [0.1, 0.15) is 10.4 Å². The Morgan fingerprint density at radius 3 is 2.85 bits per heavy atom. The van der Waals surface area contributed by atoms with Crippen LogP contribution < -0.4 is 5.73 Å². The Bertz CT molecular complexity index is 317. The third-order valence-corrected chi connectivity index (χ3v) is 3.45. The van der Waals surface area contributed by atoms with Gasteiger partial charge in [0.2, 0.25) is 0 Å². The van der Waals surface area contributed by atoms with Gasteiger partial charge in [-0.2, -0.15) is 0 Å². The molecule has 1 aliphatic carbocycles. The maximum atomic E-state index is 11.1. The van der Waals surface area contributed by atoms with Crippen LogP contribution in [-0.4, -0.2) is 22.1 Å². The van der Waals surface area contributed by atoms with E-state index < -0.39 is 11.4 Å². The first-order valence-electron chi connectivity index (χ1n) is 4.04. The predicted octanol–water partition coefficient (Wildman–Crippen LogP) is 0.587. The first-order chi connectivity index (χ1) is 6.15. The summed E-state index contributed by atoms with van der Waals surface area (Å²) in [7, 11) is 0. The van der Waals surface area contributed by atoms with E-state index in [-0.39, 0.29) is 6.04 Å². The molecule has 1 aliphatic rings. The summed E-state index contributed by atoms with van der Waals surface area (Å²) < 4.78 is 0. The van der Waals surface area contributed by atoms with Crippen molar-refractivity contribution in [2.24, 2.45) is 5.73 Å². The molecule has 13 heavy (non-hydrogen) atoms. The van der Waals surface area contributed by atoms with Crippen LogP contribution in [0.2, 0.25) is 0 Å². The van der Waals surface area contributed by atoms with Gasteiger partial charge in [-0.15, -0.1) is 11.3 Å². The van der Waals surface area contributed by atoms with Crippen molar-refractivity contribution in [3.05, 3.63) is 16.6 Å². The van der Waals surface area contributed by atoms with E-state index in [1.807, 2.05) is 0 Å². The summed E-state index contributed by atoms with van der Waals surface area (Å²) in [6.07, 6.45) is 2.65. The molecule has 0 amide bonds. The smallest absolute Gasteiger partial charge is 0.316 e. The summed E-state index contributed by atoms with van der Waals surface area (Å²) in [4.78, 5) is 15.1. The minimum absolute atomic E-state index is 0.0139. The van der Waals surface area contributed by atoms with Gasteiger partial charge in [0.25, 0.3) is 0 Å². The van der Waals surface area contributed by atoms with Crippen molar-refractivity contribution >= 4 is 17.3 Å². The molecule has 1 aromatic rings. The second kappa shape index (κ2) is 2.78. The van der Waals surface area contributed by atoms with Crippen molar-refractivity contribution in [3.8, 4) is 0 Å². The SMILES string of the molecule is NC1CC(C(=O)O)(c2nccs2)C1. The van der Waals surface area contributed by atoms with E-state index in [0.29, 0.717) is 17.8 Å². The number of aliphatic carboxylic acids is 1. The van der Waals surface area contributed by atoms with Gasteiger partial charge in [0.15, 0.2) is 0 Å². The lowest BCUT2D eigenvalue weighted by Crippen LogP contribution is -2.54. The van der Waals surface area contributed by atoms with E-state index in [2.05, 4.69) is 4.98 Å². The van der Waals surface area contributed by atoms with Crippen molar-refractivity contribution < 1.29 is 9.90 Å². The molecule has 1 saturated carbocycles. The zero-order valence-corrected chi connectivity index (χ0v) is 7.75. The number of nitrogens with two attached hydrogens (primary N) is 1. The second-order valence-electron chi connectivity index (χ2n) is 3.39. The minimum Gasteiger partial charge on any atom is -0.481 e. The maximum absolute atomic E-state index is 11.1. The van der Waals surface area contributed by atoms with Crippen LogP contribution in [0.25, 0.3) is 0 Å². The van der Waals surface area contributed by atoms with E-state index in [1.54, 1.807) is 11.6 Å². The molecule has 1 heterocycles. The first-order valence-corrected chi connectivity index (χ1v) is 4.92. The van der Waals surface area contributed by atoms with Crippen molar-refractivity contribution in [1.82, 2.24) is 4.98 Å². The first kappa shape index (κ1) is 8.65. The van der Waals surface area contributed by atoms with E-state index in [9.17, 15) is 4.79 Å². The Kier molecular flexibility index (Phi) is 1.85. The molecule has 70 valence electrons. The fraction of sp³-hybridized carbons (Fsp3) is 0.500. The lowest BCUT2D eigenvalue weighted by Gasteiger charge is -2.40. The van der Waals surface area contributed by atoms with E-state index in [0.717, 1.165) is 0 Å². The molecule has 0 aromatic carbocycles. The highest BCUT2D eigenvalue weighted by Gasteiger charge is 2.52. The molecular weight excluding hydrogens is 188 g/mol. The summed E-state index contributed by atoms with van der Waals surface area (Å²) in [5.74, 6) is -0.802. The van der Waals surface area contributed by atoms with Crippen molar-refractivity contribution in [3.63, 3.8) is 0 Å². The fourth-order valence-electron chi connectivity index (χ4n) is 1.74. The lowest BCUT2D eigenvalue weighted by atomic mass is 9.66. The number of carboxylic acid groups (broad SMARTS) is 1. The average molecular weight is 198 g/mol. The van der Waals surface area contributed by atoms with Gasteiger partial charge in [-0.3, -0.25) is 4.79 Å². The normalized spacial score (nSPS) is 32.5. The number of rotatable bonds is 2. The second-order valence-corrected chi connectivity index (χ2v) is 4.29. The molecule has 1 fully saturated rings. The number of carbonyl (C=O) groups is 1. The standard InChI is InChI=1S/C8H10N2O2S/c9-5-3-8(4-5,7(11)12)6-10-1-2-13-6/h1-2,5H,3-4,9H2,(H,11,12). The van der Waals surface area contributed by atoms with Gasteiger partial charge in [-0.25, -0.2) is 4.98 Å². The minimum atomic E-state index is -0.802. The number of thiazole rings is 1. The van der Waals surface area contributed by atoms with Crippen molar-refractivity contribution in [2.45, 2.75) is 24.3 Å². The Morgan fingerprint density at radius 2 is 2.46 bits per heavy atom. The third-order valence-electron chi connectivity index (χ3n) is 2.47. The van der Waals surface area contributed by atoms with Crippen LogP contribution in [0.15, 0.2) is 11.6 Å². The highest BCUT2D eigenvalue weighted by atomic mass is 32.1. The van der Waals surface area contributed by atoms with Crippen LogP contribution in [0, 0.1) is 0 Å². The molecule has 0 radical (unpaired) electrons. The monoisotopic (exact) mass is 198 g/mol. The summed E-state index contributed by atoms with van der Waals surface area (Å²) >= 11 is 1.39. The number of carboxylic acids is 1. The van der Waals surface area contributed by atoms with Crippen LogP contribution in [0.1, 0.15) is 17.8 Å². The number of hydrogen-bond donors (Lipinski definition) is 2. The highest BCUT2D eigenvalue weighted by molar-refractivity contribution is 7.09. The molecular formula is C8H10N2O2S. The largest absolute Gasteiger partial charge is 0.481 e. The number of nitrogens with zero attached hydrogens (tertiary/aromatic N) is 1. The molecule has 4 nitrogen and oxygen atoms in total. The van der Waals surface area contributed by atoms with Crippen molar-refractivity contribution in [1.29, 1.82) is 0 Å². The Balaban J connectivity index is 2.31. The summed E-state index contributed by atoms with van der Waals surface area (Å²) in [6.45, 7) is 0. The molecule has 2 rings (SSSR count). The summed E-state index contributed by atoms with van der Waals surface area (Å²) in [5, 5.41) is 11.6. The van der Waals surface area contributed by atoms with Gasteiger partial charge >= 0.3 is 5.97 Å². The fourth-order valence-corrected chi connectivity index (χ4v) is 2.59. The van der Waals surface area contributed by atoms with E-state index in [4.69, 9.17) is 10.8 Å². The van der Waals surface area contributed by atoms with Gasteiger partial charge < -0.3 is 10.8 Å². The summed E-state index contributed by atoms with van der Waals surface area (Å²) in [5.41, 5.74) is 4.83. The van der Waals surface area contributed by atoms with Gasteiger partial charge in [-0.1, -0.05) is 0 Å². The average Bonchev–Trinajstić information content (AvgIpc) is 2.49. The molecule has 0 spiro atoms. The van der Waals surface area contributed by atoms with Crippen LogP contribution in [0.3, 0.4) is 0 Å². The quantitative estimate of drug-likeness (QED) is 0.729. The van der Waals surface area contributed by atoms with Gasteiger partial charge in [-0.05, 0) is 12.8 Å². The van der Waals surface area contributed by atoms with Crippen LogP contribution in [0.4, 0.5) is 0 Å². The topological polar surface area (TPSA) is 76.2 Å². The van der Waals surface area contributed by atoms with Gasteiger partial charge in [0, 0.05) is 17.6 Å². The molecule has 5 heteroatoms. The van der Waals surface area contributed by atoms with Gasteiger partial charge in [0.05, 0.1) is 0 Å². The van der Waals surface area contributed by atoms with Crippen LogP contribution in [-0.2, 0) is 10.2 Å². The Hall–Kier alpha value is -0.940. The lowest BCUT2D eigenvalue weighted by molar-refractivity contribution is -0.148. The number of hydrogen-bond acceptors (Lipinski definition) is 4. The number of aromatic nitrogens is 1. The molecule has 0 aliphatic heterocycles. The zero-order valence-electron chi connectivity index (χ0n) is 6.93. The summed E-state index contributed by atoms with van der Waals surface area (Å²) in [6, 6.07) is 0.0139.